The lowest BCUT2D eigenvalue weighted by molar-refractivity contribution is -0.132. The quantitative estimate of drug-likeness (QED) is 0.624. The predicted octanol–water partition coefficient (Wildman–Crippen LogP) is 2.75. The number of hydrogen-bond donors (Lipinski definition) is 1. The van der Waals surface area contributed by atoms with E-state index in [2.05, 4.69) is 22.1 Å². The van der Waals surface area contributed by atoms with Gasteiger partial charge in [-0.05, 0) is 30.9 Å². The first-order chi connectivity index (χ1) is 13.7. The van der Waals surface area contributed by atoms with E-state index in [-0.39, 0.29) is 12.0 Å². The Morgan fingerprint density at radius 3 is 2.57 bits per heavy atom. The fraction of sp³-hybridized carbons (Fsp3) is 0.636. The zero-order valence-corrected chi connectivity index (χ0v) is 17.3. The first-order valence-electron chi connectivity index (χ1n) is 10.6. The van der Waals surface area contributed by atoms with Crippen molar-refractivity contribution in [1.82, 2.24) is 15.1 Å². The van der Waals surface area contributed by atoms with Gasteiger partial charge in [-0.15, -0.1) is 0 Å². The molecule has 0 bridgehead atoms. The molecule has 2 fully saturated rings. The highest BCUT2D eigenvalue weighted by molar-refractivity contribution is 5.81. The summed E-state index contributed by atoms with van der Waals surface area (Å²) in [5.74, 6) is 2.70. The first kappa shape index (κ1) is 20.5. The van der Waals surface area contributed by atoms with Crippen LogP contribution in [-0.2, 0) is 4.79 Å². The third-order valence-corrected chi connectivity index (χ3v) is 5.63. The topological polar surface area (TPSA) is 57.2 Å². The summed E-state index contributed by atoms with van der Waals surface area (Å²) in [7, 11) is 1.81. The Kier molecular flexibility index (Phi) is 7.57. The molecule has 2 heterocycles. The second-order valence-corrected chi connectivity index (χ2v) is 7.93. The smallest absolute Gasteiger partial charge is 0.224 e. The molecule has 0 aliphatic carbocycles. The number of guanidine groups is 1. The van der Waals surface area contributed by atoms with Gasteiger partial charge in [-0.25, -0.2) is 0 Å². The van der Waals surface area contributed by atoms with Crippen molar-refractivity contribution in [3.8, 4) is 5.75 Å². The molecule has 3 rings (SSSR count). The second kappa shape index (κ2) is 10.3. The van der Waals surface area contributed by atoms with Gasteiger partial charge in [-0.1, -0.05) is 25.1 Å². The number of likely N-dealkylation sites (tertiary alicyclic amines) is 2. The van der Waals surface area contributed by atoms with Crippen molar-refractivity contribution >= 4 is 11.9 Å². The van der Waals surface area contributed by atoms with E-state index in [0.717, 1.165) is 57.2 Å². The number of carbonyl (C=O) groups is 1. The van der Waals surface area contributed by atoms with E-state index < -0.39 is 0 Å². The van der Waals surface area contributed by atoms with Crippen molar-refractivity contribution in [2.75, 3.05) is 39.8 Å². The number of rotatable bonds is 5. The van der Waals surface area contributed by atoms with Gasteiger partial charge in [0.15, 0.2) is 5.96 Å². The fourth-order valence-corrected chi connectivity index (χ4v) is 4.06. The van der Waals surface area contributed by atoms with Crippen LogP contribution in [-0.4, -0.2) is 67.5 Å². The van der Waals surface area contributed by atoms with Crippen molar-refractivity contribution in [2.24, 2.45) is 10.9 Å². The number of amides is 1. The normalized spacial score (nSPS) is 21.5. The molecule has 0 saturated carbocycles. The number of carbonyl (C=O) groups excluding carboxylic acids is 1. The molecular formula is C22H34N4O2. The standard InChI is InChI=1S/C22H34N4O2/c1-18-7-6-14-26(17-18)21(27)10-13-24-22(23-2)25-15-11-20(12-16-25)28-19-8-4-3-5-9-19/h3-5,8-9,18,20H,6-7,10-17H2,1-2H3,(H,23,24). The maximum Gasteiger partial charge on any atom is 0.224 e. The molecule has 2 aliphatic heterocycles. The summed E-state index contributed by atoms with van der Waals surface area (Å²) in [5, 5.41) is 3.37. The summed E-state index contributed by atoms with van der Waals surface area (Å²) in [5.41, 5.74) is 0. The van der Waals surface area contributed by atoms with Gasteiger partial charge in [0.2, 0.25) is 5.91 Å². The minimum Gasteiger partial charge on any atom is -0.490 e. The van der Waals surface area contributed by atoms with Crippen LogP contribution in [0.4, 0.5) is 0 Å². The summed E-state index contributed by atoms with van der Waals surface area (Å²) in [6, 6.07) is 10.0. The number of para-hydroxylation sites is 1. The van der Waals surface area contributed by atoms with Crippen LogP contribution in [0.1, 0.15) is 39.0 Å². The number of hydrogen-bond acceptors (Lipinski definition) is 3. The number of nitrogens with zero attached hydrogens (tertiary/aromatic N) is 3. The number of benzene rings is 1. The van der Waals surface area contributed by atoms with Crippen LogP contribution in [0.2, 0.25) is 0 Å². The first-order valence-corrected chi connectivity index (χ1v) is 10.6. The van der Waals surface area contributed by atoms with E-state index >= 15 is 0 Å². The summed E-state index contributed by atoms with van der Waals surface area (Å²) in [6.45, 7) is 6.50. The molecule has 0 radical (unpaired) electrons. The fourth-order valence-electron chi connectivity index (χ4n) is 4.06. The molecule has 1 amide bonds. The van der Waals surface area contributed by atoms with Crippen LogP contribution >= 0.6 is 0 Å². The van der Waals surface area contributed by atoms with E-state index in [1.807, 2.05) is 42.3 Å². The lowest BCUT2D eigenvalue weighted by Crippen LogP contribution is -2.48. The van der Waals surface area contributed by atoms with Crippen LogP contribution < -0.4 is 10.1 Å². The van der Waals surface area contributed by atoms with Gasteiger partial charge in [0, 0.05) is 59.0 Å². The van der Waals surface area contributed by atoms with Crippen molar-refractivity contribution in [2.45, 2.75) is 45.1 Å². The van der Waals surface area contributed by atoms with E-state index in [4.69, 9.17) is 4.74 Å². The molecular weight excluding hydrogens is 352 g/mol. The lowest BCUT2D eigenvalue weighted by Gasteiger charge is -2.34. The van der Waals surface area contributed by atoms with E-state index in [9.17, 15) is 4.79 Å². The number of ether oxygens (including phenoxy) is 1. The second-order valence-electron chi connectivity index (χ2n) is 7.93. The van der Waals surface area contributed by atoms with E-state index in [1.165, 1.54) is 6.42 Å². The molecule has 2 aliphatic rings. The molecule has 1 atom stereocenters. The van der Waals surface area contributed by atoms with Crippen molar-refractivity contribution in [3.63, 3.8) is 0 Å². The Labute approximate surface area is 168 Å². The summed E-state index contributed by atoms with van der Waals surface area (Å²) in [6.07, 6.45) is 5.08. The van der Waals surface area contributed by atoms with Gasteiger partial charge in [0.1, 0.15) is 11.9 Å². The molecule has 0 aromatic heterocycles. The third kappa shape index (κ3) is 5.88. The van der Waals surface area contributed by atoms with Gasteiger partial charge in [-0.3, -0.25) is 9.79 Å². The maximum absolute atomic E-state index is 12.4. The monoisotopic (exact) mass is 386 g/mol. The SMILES string of the molecule is CN=C(NCCC(=O)N1CCCC(C)C1)N1CCC(Oc2ccccc2)CC1. The molecule has 6 nitrogen and oxygen atoms in total. The van der Waals surface area contributed by atoms with Crippen molar-refractivity contribution < 1.29 is 9.53 Å². The Balaban J connectivity index is 1.38. The highest BCUT2D eigenvalue weighted by Crippen LogP contribution is 2.19. The zero-order valence-electron chi connectivity index (χ0n) is 17.3. The molecule has 1 aromatic carbocycles. The minimum atomic E-state index is 0.249. The van der Waals surface area contributed by atoms with Crippen LogP contribution in [0, 0.1) is 5.92 Å². The molecule has 6 heteroatoms. The van der Waals surface area contributed by atoms with Gasteiger partial charge < -0.3 is 19.9 Å². The number of piperidine rings is 2. The van der Waals surface area contributed by atoms with Crippen LogP contribution in [0.15, 0.2) is 35.3 Å². The van der Waals surface area contributed by atoms with E-state index in [0.29, 0.717) is 18.9 Å². The average Bonchev–Trinajstić information content (AvgIpc) is 2.73. The van der Waals surface area contributed by atoms with Crippen LogP contribution in [0.25, 0.3) is 0 Å². The number of aliphatic imine (C=N–C) groups is 1. The molecule has 28 heavy (non-hydrogen) atoms. The lowest BCUT2D eigenvalue weighted by atomic mass is 10.00. The molecule has 154 valence electrons. The summed E-state index contributed by atoms with van der Waals surface area (Å²) >= 11 is 0. The summed E-state index contributed by atoms with van der Waals surface area (Å²) < 4.78 is 6.07. The largest absolute Gasteiger partial charge is 0.490 e. The van der Waals surface area contributed by atoms with Crippen molar-refractivity contribution in [3.05, 3.63) is 30.3 Å². The third-order valence-electron chi connectivity index (χ3n) is 5.63. The highest BCUT2D eigenvalue weighted by Gasteiger charge is 2.24. The Bertz CT molecular complexity index is 641. The van der Waals surface area contributed by atoms with Gasteiger partial charge >= 0.3 is 0 Å². The van der Waals surface area contributed by atoms with Gasteiger partial charge in [-0.2, -0.15) is 0 Å². The van der Waals surface area contributed by atoms with Gasteiger partial charge in [0.25, 0.3) is 0 Å². The highest BCUT2D eigenvalue weighted by atomic mass is 16.5. The predicted molar refractivity (Wildman–Crippen MR) is 113 cm³/mol. The molecule has 1 aromatic rings. The van der Waals surface area contributed by atoms with Crippen LogP contribution in [0.3, 0.4) is 0 Å². The zero-order chi connectivity index (χ0) is 19.8. The Hall–Kier alpha value is -2.24. The molecule has 1 N–H and O–H groups in total. The van der Waals surface area contributed by atoms with Gasteiger partial charge in [0.05, 0.1) is 0 Å². The van der Waals surface area contributed by atoms with Crippen molar-refractivity contribution in [1.29, 1.82) is 0 Å². The maximum atomic E-state index is 12.4. The molecule has 2 saturated heterocycles. The molecule has 0 spiro atoms. The number of nitrogens with one attached hydrogen (secondary N) is 1. The Morgan fingerprint density at radius 1 is 1.14 bits per heavy atom. The Morgan fingerprint density at radius 2 is 1.89 bits per heavy atom. The van der Waals surface area contributed by atoms with E-state index in [1.54, 1.807) is 0 Å². The summed E-state index contributed by atoms with van der Waals surface area (Å²) in [4.78, 5) is 21.1. The van der Waals surface area contributed by atoms with Crippen LogP contribution in [0.5, 0.6) is 5.75 Å². The minimum absolute atomic E-state index is 0.249. The molecule has 1 unspecified atom stereocenters. The average molecular weight is 387 g/mol.